The van der Waals surface area contributed by atoms with Gasteiger partial charge in [-0.3, -0.25) is 0 Å². The summed E-state index contributed by atoms with van der Waals surface area (Å²) in [6.45, 7) is 1.55. The second kappa shape index (κ2) is 5.95. The number of hydrogen-bond donors (Lipinski definition) is 1. The zero-order chi connectivity index (χ0) is 11.3. The number of hydrogen-bond acceptors (Lipinski definition) is 3. The molecule has 0 bridgehead atoms. The van der Waals surface area contributed by atoms with Crippen LogP contribution in [0.1, 0.15) is 5.69 Å². The van der Waals surface area contributed by atoms with Gasteiger partial charge >= 0.3 is 0 Å². The summed E-state index contributed by atoms with van der Waals surface area (Å²) < 4.78 is 12.9. The minimum Gasteiger partial charge on any atom is -0.379 e. The Balaban J connectivity index is 0.000000500. The molecule has 0 saturated heterocycles. The van der Waals surface area contributed by atoms with Crippen molar-refractivity contribution in [2.24, 2.45) is 5.34 Å². The van der Waals surface area contributed by atoms with Crippen molar-refractivity contribution in [2.45, 2.75) is 6.92 Å². The maximum atomic E-state index is 12.9. The van der Waals surface area contributed by atoms with Gasteiger partial charge in [0.15, 0.2) is 16.3 Å². The number of pyridine rings is 1. The molecule has 0 aromatic carbocycles. The molecule has 0 atom stereocenters. The second-order valence-corrected chi connectivity index (χ2v) is 3.13. The third-order valence-electron chi connectivity index (χ3n) is 1.15. The third kappa shape index (κ3) is 3.25. The van der Waals surface area contributed by atoms with Crippen LogP contribution in [0, 0.1) is 17.6 Å². The van der Waals surface area contributed by atoms with Gasteiger partial charge in [0.25, 0.3) is 0 Å². The average molecular weight is 261 g/mol. The molecule has 1 aromatic rings. The van der Waals surface area contributed by atoms with Gasteiger partial charge in [-0.1, -0.05) is 34.8 Å². The fourth-order valence-electron chi connectivity index (χ4n) is 0.591. The van der Waals surface area contributed by atoms with Crippen LogP contribution in [0.25, 0.3) is 0 Å². The summed E-state index contributed by atoms with van der Waals surface area (Å²) in [7, 11) is 0. The number of nitrogens with zero attached hydrogens (tertiary/aromatic N) is 2. The van der Waals surface area contributed by atoms with Gasteiger partial charge in [0.1, 0.15) is 5.02 Å². The van der Waals surface area contributed by atoms with Crippen LogP contribution in [0.4, 0.5) is 4.39 Å². The molecular formula is C6H4Cl3FN2O2. The van der Waals surface area contributed by atoms with Gasteiger partial charge in [-0.05, 0) is 6.92 Å². The molecule has 4 nitrogen and oxygen atoms in total. The molecule has 14 heavy (non-hydrogen) atoms. The van der Waals surface area contributed by atoms with E-state index in [0.717, 1.165) is 0 Å². The fourth-order valence-corrected chi connectivity index (χ4v) is 1.12. The van der Waals surface area contributed by atoms with Crippen molar-refractivity contribution in [3.63, 3.8) is 0 Å². The Hall–Kier alpha value is -0.650. The molecule has 1 N–H and O–H groups in total. The summed E-state index contributed by atoms with van der Waals surface area (Å²) in [5.74, 6) is -0.717. The minimum atomic E-state index is -0.717. The van der Waals surface area contributed by atoms with Crippen molar-refractivity contribution in [1.82, 2.24) is 4.98 Å². The van der Waals surface area contributed by atoms with Gasteiger partial charge in [0.05, 0.1) is 10.7 Å². The lowest BCUT2D eigenvalue weighted by molar-refractivity contribution is 0.312. The predicted octanol–water partition coefficient (Wildman–Crippen LogP) is 3.63. The number of aromatic nitrogens is 1. The van der Waals surface area contributed by atoms with E-state index in [1.807, 2.05) is 0 Å². The van der Waals surface area contributed by atoms with Crippen molar-refractivity contribution in [3.05, 3.63) is 31.6 Å². The van der Waals surface area contributed by atoms with Gasteiger partial charge in [-0.25, -0.2) is 9.37 Å². The first-order chi connectivity index (χ1) is 6.45. The summed E-state index contributed by atoms with van der Waals surface area (Å²) in [6.07, 6.45) is 0. The lowest BCUT2D eigenvalue weighted by atomic mass is 10.4. The molecule has 0 aliphatic heterocycles. The van der Waals surface area contributed by atoms with Crippen molar-refractivity contribution in [1.29, 1.82) is 0 Å². The molecule has 0 unspecified atom stereocenters. The molecule has 0 aliphatic carbocycles. The van der Waals surface area contributed by atoms with E-state index in [9.17, 15) is 4.39 Å². The minimum absolute atomic E-state index is 0.0638. The Morgan fingerprint density at radius 1 is 1.36 bits per heavy atom. The first kappa shape index (κ1) is 13.4. The summed E-state index contributed by atoms with van der Waals surface area (Å²) in [4.78, 5) is 11.8. The van der Waals surface area contributed by atoms with E-state index in [1.54, 1.807) is 6.92 Å². The highest BCUT2D eigenvalue weighted by Crippen LogP contribution is 2.29. The molecule has 0 amide bonds. The summed E-state index contributed by atoms with van der Waals surface area (Å²) in [6, 6.07) is 0. The summed E-state index contributed by atoms with van der Waals surface area (Å²) >= 11 is 16.3. The van der Waals surface area contributed by atoms with Crippen LogP contribution >= 0.6 is 34.8 Å². The van der Waals surface area contributed by atoms with E-state index < -0.39 is 5.82 Å². The maximum absolute atomic E-state index is 12.9. The number of aryl methyl sites for hydroxylation is 1. The van der Waals surface area contributed by atoms with Crippen LogP contribution < -0.4 is 0 Å². The molecule has 0 aliphatic rings. The Bertz CT molecular complexity index is 322. The van der Waals surface area contributed by atoms with E-state index in [2.05, 4.69) is 4.98 Å². The monoisotopic (exact) mass is 260 g/mol. The molecule has 1 aromatic heterocycles. The second-order valence-electron chi connectivity index (χ2n) is 2.01. The SMILES string of the molecule is Cc1nc(Cl)c(Cl)c(F)c1Cl.O=NO. The van der Waals surface area contributed by atoms with E-state index in [4.69, 9.17) is 44.9 Å². The van der Waals surface area contributed by atoms with E-state index >= 15 is 0 Å². The first-order valence-electron chi connectivity index (χ1n) is 3.09. The fraction of sp³-hybridized carbons (Fsp3) is 0.167. The van der Waals surface area contributed by atoms with Crippen LogP contribution in [0.5, 0.6) is 0 Å². The van der Waals surface area contributed by atoms with Crippen LogP contribution in [0.3, 0.4) is 0 Å². The topological polar surface area (TPSA) is 62.5 Å². The lowest BCUT2D eigenvalue weighted by Crippen LogP contribution is -1.90. The highest BCUT2D eigenvalue weighted by Gasteiger charge is 2.12. The predicted molar refractivity (Wildman–Crippen MR) is 51.5 cm³/mol. The van der Waals surface area contributed by atoms with Crippen molar-refractivity contribution < 1.29 is 9.60 Å². The summed E-state index contributed by atoms with van der Waals surface area (Å²) in [5.41, 5.74) is 0.332. The van der Waals surface area contributed by atoms with Crippen molar-refractivity contribution in [2.75, 3.05) is 0 Å². The third-order valence-corrected chi connectivity index (χ3v) is 2.30. The number of halogens is 4. The van der Waals surface area contributed by atoms with Gasteiger partial charge in [0.2, 0.25) is 0 Å². The van der Waals surface area contributed by atoms with Gasteiger partial charge < -0.3 is 5.21 Å². The zero-order valence-electron chi connectivity index (χ0n) is 6.76. The largest absolute Gasteiger partial charge is 0.379 e. The molecule has 0 spiro atoms. The standard InChI is InChI=1S/C6H3Cl3FN.HNO2/c1-2-3(7)5(10)4(8)6(9)11-2;2-1-3/h1H3;(H,2,3). The quantitative estimate of drug-likeness (QED) is 0.440. The van der Waals surface area contributed by atoms with Gasteiger partial charge in [0, 0.05) is 0 Å². The molecule has 0 saturated carbocycles. The molecule has 0 radical (unpaired) electrons. The molecule has 1 heterocycles. The lowest BCUT2D eigenvalue weighted by Gasteiger charge is -2.01. The van der Waals surface area contributed by atoms with Crippen molar-refractivity contribution in [3.8, 4) is 0 Å². The van der Waals surface area contributed by atoms with E-state index in [1.165, 1.54) is 5.34 Å². The Morgan fingerprint density at radius 2 is 1.79 bits per heavy atom. The first-order valence-corrected chi connectivity index (χ1v) is 4.22. The van der Waals surface area contributed by atoms with Crippen LogP contribution in [0.15, 0.2) is 5.34 Å². The average Bonchev–Trinajstić information content (AvgIpc) is 2.13. The molecule has 78 valence electrons. The molecular weight excluding hydrogens is 257 g/mol. The van der Waals surface area contributed by atoms with E-state index in [0.29, 0.717) is 5.69 Å². The van der Waals surface area contributed by atoms with Crippen LogP contribution in [0.2, 0.25) is 15.2 Å². The highest BCUT2D eigenvalue weighted by atomic mass is 35.5. The van der Waals surface area contributed by atoms with Crippen molar-refractivity contribution >= 4 is 34.8 Å². The Kier molecular flexibility index (Phi) is 5.68. The van der Waals surface area contributed by atoms with Crippen LogP contribution in [-0.4, -0.2) is 10.2 Å². The Labute approximate surface area is 93.5 Å². The normalized spacial score (nSPS) is 8.93. The zero-order valence-corrected chi connectivity index (χ0v) is 9.03. The Morgan fingerprint density at radius 3 is 2.21 bits per heavy atom. The smallest absolute Gasteiger partial charge is 0.165 e. The molecule has 1 rings (SSSR count). The maximum Gasteiger partial charge on any atom is 0.165 e. The molecule has 0 fully saturated rings. The summed E-state index contributed by atoms with van der Waals surface area (Å²) in [5, 5.41) is 7.51. The van der Waals surface area contributed by atoms with Crippen LogP contribution in [-0.2, 0) is 0 Å². The van der Waals surface area contributed by atoms with E-state index in [-0.39, 0.29) is 15.2 Å². The number of rotatable bonds is 0. The van der Waals surface area contributed by atoms with Gasteiger partial charge in [-0.2, -0.15) is 0 Å². The highest BCUT2D eigenvalue weighted by molar-refractivity contribution is 6.42. The van der Waals surface area contributed by atoms with Gasteiger partial charge in [-0.15, -0.1) is 4.91 Å². The molecule has 8 heteroatoms.